The van der Waals surface area contributed by atoms with Crippen molar-refractivity contribution < 1.29 is 23.9 Å². The number of fused-ring (bicyclic) bond motifs is 2. The molecule has 61 heavy (non-hydrogen) atoms. The van der Waals surface area contributed by atoms with E-state index in [1.807, 2.05) is 64.2 Å². The molecular formula is C47H53N9O5. The lowest BCUT2D eigenvalue weighted by molar-refractivity contribution is -0.134. The van der Waals surface area contributed by atoms with Gasteiger partial charge < -0.3 is 24.6 Å². The number of benzene rings is 3. The highest BCUT2D eigenvalue weighted by Crippen LogP contribution is 2.40. The number of amides is 3. The van der Waals surface area contributed by atoms with Crippen molar-refractivity contribution >= 4 is 57.5 Å². The molecular weight excluding hydrogens is 771 g/mol. The van der Waals surface area contributed by atoms with Crippen molar-refractivity contribution in [3.8, 4) is 17.0 Å². The van der Waals surface area contributed by atoms with Gasteiger partial charge in [-0.15, -0.1) is 0 Å². The average Bonchev–Trinajstić information content (AvgIpc) is 3.26. The number of anilines is 5. The molecule has 0 bridgehead atoms. The van der Waals surface area contributed by atoms with Gasteiger partial charge in [0.25, 0.3) is 0 Å². The Hall–Kier alpha value is -6.28. The van der Waals surface area contributed by atoms with Gasteiger partial charge in [-0.25, -0.2) is 19.7 Å². The molecule has 3 aromatic carbocycles. The number of piperazine rings is 1. The van der Waals surface area contributed by atoms with E-state index in [1.54, 1.807) is 11.1 Å². The number of ether oxygens (including phenoxy) is 2. The third-order valence-electron chi connectivity index (χ3n) is 12.3. The summed E-state index contributed by atoms with van der Waals surface area (Å²) < 4.78 is 11.6. The predicted octanol–water partition coefficient (Wildman–Crippen LogP) is 7.19. The monoisotopic (exact) mass is 823 g/mol. The van der Waals surface area contributed by atoms with Crippen LogP contribution in [-0.2, 0) is 14.3 Å². The fraction of sp³-hybridized carbons (Fsp3) is 0.404. The van der Waals surface area contributed by atoms with Crippen LogP contribution in [0.5, 0.6) is 5.88 Å². The first kappa shape index (κ1) is 40.1. The number of carbonyl (C=O) groups is 3. The SMILES string of the molecule is Cc1c(-c2ccc3cnc(Nc4ccc(N5CCN(C6CCN(c7ccc(C8CCC(=O)NC8=O)cc7)CC6)CC5)cc4)nc3c2)cnc2c1N(C(=O)OC(C)(C)C)CCO2. The van der Waals surface area contributed by atoms with Crippen LogP contribution < -0.4 is 30.1 Å². The molecule has 0 saturated carbocycles. The summed E-state index contributed by atoms with van der Waals surface area (Å²) >= 11 is 0. The van der Waals surface area contributed by atoms with Crippen LogP contribution in [0.2, 0.25) is 0 Å². The lowest BCUT2D eigenvalue weighted by Gasteiger charge is -2.44. The standard InChI is InChI=1S/C47H53N9O5/c1-30-39(29-48-44-42(30)56(25-26-60-44)46(59)61-47(2,3)4)32-5-6-33-28-49-45(51-40(33)27-32)50-34-9-13-36(14-10-34)54-21-23-55(24-22-54)37-17-19-53(20-18-37)35-11-7-31(8-12-35)38-15-16-41(57)52-43(38)58/h5-14,27-29,37-38H,15-26H2,1-4H3,(H,49,50,51)(H,52,57,58). The van der Waals surface area contributed by atoms with E-state index in [0.717, 1.165) is 91.0 Å². The van der Waals surface area contributed by atoms with Gasteiger partial charge in [-0.1, -0.05) is 24.3 Å². The van der Waals surface area contributed by atoms with Crippen LogP contribution in [0.1, 0.15) is 63.5 Å². The van der Waals surface area contributed by atoms with E-state index in [-0.39, 0.29) is 17.7 Å². The first-order valence-corrected chi connectivity index (χ1v) is 21.4. The lowest BCUT2D eigenvalue weighted by atomic mass is 9.90. The number of pyridine rings is 1. The molecule has 3 saturated heterocycles. The minimum absolute atomic E-state index is 0.180. The number of hydrogen-bond donors (Lipinski definition) is 2. The maximum atomic E-state index is 13.2. The van der Waals surface area contributed by atoms with Crippen LogP contribution in [-0.4, -0.2) is 102 Å². The Bertz CT molecular complexity index is 2440. The third-order valence-corrected chi connectivity index (χ3v) is 12.3. The highest BCUT2D eigenvalue weighted by atomic mass is 16.6. The molecule has 2 aromatic heterocycles. The number of aromatic nitrogens is 3. The molecule has 5 aromatic rings. The van der Waals surface area contributed by atoms with E-state index in [9.17, 15) is 14.4 Å². The molecule has 0 spiro atoms. The number of rotatable bonds is 7. The summed E-state index contributed by atoms with van der Waals surface area (Å²) in [6.07, 6.45) is 6.41. The zero-order valence-corrected chi connectivity index (χ0v) is 35.3. The Morgan fingerprint density at radius 2 is 1.54 bits per heavy atom. The van der Waals surface area contributed by atoms with Crippen LogP contribution in [0.15, 0.2) is 79.1 Å². The number of piperidine rings is 2. The van der Waals surface area contributed by atoms with E-state index in [4.69, 9.17) is 14.5 Å². The number of nitrogens with one attached hydrogen (secondary N) is 2. The second kappa shape index (κ2) is 16.6. The van der Waals surface area contributed by atoms with Crippen LogP contribution in [0.3, 0.4) is 0 Å². The Labute approximate surface area is 356 Å². The minimum atomic E-state index is -0.626. The molecule has 2 N–H and O–H groups in total. The van der Waals surface area contributed by atoms with Crippen molar-refractivity contribution in [2.45, 2.75) is 70.9 Å². The zero-order valence-electron chi connectivity index (χ0n) is 35.3. The maximum absolute atomic E-state index is 13.2. The van der Waals surface area contributed by atoms with Crippen LogP contribution in [0.25, 0.3) is 22.0 Å². The van der Waals surface area contributed by atoms with Crippen molar-refractivity contribution in [1.29, 1.82) is 0 Å². The van der Waals surface area contributed by atoms with Crippen LogP contribution >= 0.6 is 0 Å². The van der Waals surface area contributed by atoms with Gasteiger partial charge in [-0.2, -0.15) is 0 Å². The van der Waals surface area contributed by atoms with Gasteiger partial charge in [0.15, 0.2) is 0 Å². The summed E-state index contributed by atoms with van der Waals surface area (Å²) in [6, 6.07) is 23.5. The van der Waals surface area contributed by atoms with Gasteiger partial charge in [0.2, 0.25) is 23.6 Å². The molecule has 316 valence electrons. The fourth-order valence-electron chi connectivity index (χ4n) is 9.03. The molecule has 1 unspecified atom stereocenters. The highest BCUT2D eigenvalue weighted by Gasteiger charge is 2.33. The number of nitrogens with zero attached hydrogens (tertiary/aromatic N) is 7. The molecule has 0 radical (unpaired) electrons. The van der Waals surface area contributed by atoms with Crippen molar-refractivity contribution in [1.82, 2.24) is 25.2 Å². The first-order chi connectivity index (χ1) is 29.5. The number of imide groups is 1. The summed E-state index contributed by atoms with van der Waals surface area (Å²) in [5.41, 5.74) is 7.74. The number of carbonyl (C=O) groups excluding carboxylic acids is 3. The Kier molecular flexibility index (Phi) is 11.0. The van der Waals surface area contributed by atoms with E-state index in [1.165, 1.54) is 11.4 Å². The summed E-state index contributed by atoms with van der Waals surface area (Å²) in [5, 5.41) is 6.78. The van der Waals surface area contributed by atoms with Gasteiger partial charge in [0.05, 0.1) is 18.0 Å². The molecule has 6 heterocycles. The second-order valence-electron chi connectivity index (χ2n) is 17.4. The lowest BCUT2D eigenvalue weighted by Crippen LogP contribution is -2.53. The number of hydrogen-bond acceptors (Lipinski definition) is 12. The summed E-state index contributed by atoms with van der Waals surface area (Å²) in [6.45, 7) is 14.3. The maximum Gasteiger partial charge on any atom is 0.415 e. The zero-order chi connectivity index (χ0) is 42.3. The van der Waals surface area contributed by atoms with Gasteiger partial charge in [-0.05, 0) is 106 Å². The Morgan fingerprint density at radius 3 is 2.25 bits per heavy atom. The van der Waals surface area contributed by atoms with E-state index >= 15 is 0 Å². The molecule has 3 amide bonds. The second-order valence-corrected chi connectivity index (χ2v) is 17.4. The Morgan fingerprint density at radius 1 is 0.836 bits per heavy atom. The summed E-state index contributed by atoms with van der Waals surface area (Å²) in [4.78, 5) is 60.3. The third kappa shape index (κ3) is 8.67. The molecule has 0 aliphatic carbocycles. The topological polar surface area (TPSA) is 145 Å². The molecule has 3 fully saturated rings. The summed E-state index contributed by atoms with van der Waals surface area (Å²) in [5.74, 6) is 0.310. The largest absolute Gasteiger partial charge is 0.474 e. The molecule has 14 nitrogen and oxygen atoms in total. The minimum Gasteiger partial charge on any atom is -0.474 e. The predicted molar refractivity (Wildman–Crippen MR) is 237 cm³/mol. The smallest absolute Gasteiger partial charge is 0.415 e. The van der Waals surface area contributed by atoms with Gasteiger partial charge in [0, 0.05) is 92.1 Å². The van der Waals surface area contributed by atoms with E-state index in [0.29, 0.717) is 49.6 Å². The highest BCUT2D eigenvalue weighted by molar-refractivity contribution is 6.01. The molecule has 1 atom stereocenters. The first-order valence-electron chi connectivity index (χ1n) is 21.4. The summed E-state index contributed by atoms with van der Waals surface area (Å²) in [7, 11) is 0. The average molecular weight is 824 g/mol. The normalized spacial score (nSPS) is 19.0. The van der Waals surface area contributed by atoms with Gasteiger partial charge >= 0.3 is 6.09 Å². The van der Waals surface area contributed by atoms with Crippen LogP contribution in [0.4, 0.5) is 33.5 Å². The van der Waals surface area contributed by atoms with Crippen molar-refractivity contribution in [2.24, 2.45) is 0 Å². The van der Waals surface area contributed by atoms with Crippen molar-refractivity contribution in [3.63, 3.8) is 0 Å². The Balaban J connectivity index is 0.789. The van der Waals surface area contributed by atoms with Crippen LogP contribution in [0, 0.1) is 6.92 Å². The molecule has 4 aliphatic rings. The molecule has 4 aliphatic heterocycles. The fourth-order valence-corrected chi connectivity index (χ4v) is 9.03. The quantitative estimate of drug-likeness (QED) is 0.160. The van der Waals surface area contributed by atoms with Crippen molar-refractivity contribution in [2.75, 3.05) is 72.4 Å². The van der Waals surface area contributed by atoms with Gasteiger partial charge in [-0.3, -0.25) is 24.7 Å². The van der Waals surface area contributed by atoms with Gasteiger partial charge in [0.1, 0.15) is 17.9 Å². The van der Waals surface area contributed by atoms with E-state index < -0.39 is 11.7 Å². The molecule has 14 heteroatoms. The van der Waals surface area contributed by atoms with E-state index in [2.05, 4.69) is 71.7 Å². The van der Waals surface area contributed by atoms with Crippen molar-refractivity contribution in [3.05, 3.63) is 90.3 Å². The molecule has 9 rings (SSSR count).